The van der Waals surface area contributed by atoms with Crippen molar-refractivity contribution in [2.24, 2.45) is 5.73 Å². The van der Waals surface area contributed by atoms with E-state index >= 15 is 0 Å². The molecule has 0 spiro atoms. The van der Waals surface area contributed by atoms with Crippen LogP contribution in [0.25, 0.3) is 0 Å². The average Bonchev–Trinajstić information content (AvgIpc) is 2.29. The minimum absolute atomic E-state index is 0.239. The largest absolute Gasteiger partial charge is 0.352 e. The number of primary amides is 1. The lowest BCUT2D eigenvalue weighted by Crippen LogP contribution is -2.36. The lowest BCUT2D eigenvalue weighted by atomic mass is 10.0. The third kappa shape index (κ3) is 5.06. The Bertz CT molecular complexity index is 371. The highest BCUT2D eigenvalue weighted by Gasteiger charge is 2.08. The molecule has 0 aliphatic carbocycles. The molecule has 1 unspecified atom stereocenters. The minimum Gasteiger partial charge on any atom is -0.352 e. The molecule has 0 radical (unpaired) electrons. The summed E-state index contributed by atoms with van der Waals surface area (Å²) in [6.45, 7) is 3.29. The van der Waals surface area contributed by atoms with Crippen LogP contribution in [0.1, 0.15) is 24.9 Å². The highest BCUT2D eigenvalue weighted by Crippen LogP contribution is 2.19. The number of benzene rings is 1. The van der Waals surface area contributed by atoms with Crippen LogP contribution in [-0.4, -0.2) is 19.1 Å². The molecule has 0 bridgehead atoms. The Kier molecular flexibility index (Phi) is 5.80. The van der Waals surface area contributed by atoms with Gasteiger partial charge in [0.15, 0.2) is 0 Å². The summed E-state index contributed by atoms with van der Waals surface area (Å²) in [6.07, 6.45) is 0.955. The molecule has 94 valence electrons. The Balaban J connectivity index is 2.45. The van der Waals surface area contributed by atoms with Crippen molar-refractivity contribution >= 4 is 17.6 Å². The fourth-order valence-corrected chi connectivity index (χ4v) is 1.85. The zero-order chi connectivity index (χ0) is 12.7. The van der Waals surface area contributed by atoms with E-state index in [-0.39, 0.29) is 6.04 Å². The fourth-order valence-electron chi connectivity index (χ4n) is 1.65. The first-order chi connectivity index (χ1) is 8.13. The Labute approximate surface area is 107 Å². The van der Waals surface area contributed by atoms with E-state index in [0.29, 0.717) is 13.1 Å². The zero-order valence-electron chi connectivity index (χ0n) is 9.87. The molecule has 4 N–H and O–H groups in total. The number of carbonyl (C=O) groups excluding carboxylic acids is 1. The first-order valence-electron chi connectivity index (χ1n) is 5.65. The quantitative estimate of drug-likeness (QED) is 0.681. The molecule has 0 aromatic heterocycles. The van der Waals surface area contributed by atoms with Crippen molar-refractivity contribution in [3.8, 4) is 0 Å². The Morgan fingerprint density at radius 1 is 1.47 bits per heavy atom. The summed E-state index contributed by atoms with van der Waals surface area (Å²) < 4.78 is 0. The molecule has 2 amide bonds. The molecule has 1 aromatic carbocycles. The van der Waals surface area contributed by atoms with Crippen molar-refractivity contribution < 1.29 is 4.79 Å². The van der Waals surface area contributed by atoms with Gasteiger partial charge in [0, 0.05) is 24.2 Å². The number of nitrogens with one attached hydrogen (secondary N) is 2. The maximum atomic E-state index is 10.5. The summed E-state index contributed by atoms with van der Waals surface area (Å²) in [5.74, 6) is 0. The molecule has 1 aromatic rings. The van der Waals surface area contributed by atoms with Crippen LogP contribution in [0.3, 0.4) is 0 Å². The summed E-state index contributed by atoms with van der Waals surface area (Å²) in [4.78, 5) is 10.5. The highest BCUT2D eigenvalue weighted by molar-refractivity contribution is 6.30. The SMILES string of the molecule is CCC(NCCNC(N)=O)c1cccc(Cl)c1. The number of halogens is 1. The molecule has 1 rings (SSSR count). The number of amides is 2. The van der Waals surface area contributed by atoms with Crippen LogP contribution in [0.5, 0.6) is 0 Å². The first kappa shape index (κ1) is 13.8. The number of carbonyl (C=O) groups is 1. The second kappa shape index (κ2) is 7.14. The van der Waals surface area contributed by atoms with E-state index in [9.17, 15) is 4.79 Å². The summed E-state index contributed by atoms with van der Waals surface area (Å²) >= 11 is 5.95. The van der Waals surface area contributed by atoms with Gasteiger partial charge >= 0.3 is 6.03 Å². The van der Waals surface area contributed by atoms with Crippen LogP contribution in [0, 0.1) is 0 Å². The van der Waals surface area contributed by atoms with Crippen LogP contribution in [0.4, 0.5) is 4.79 Å². The molecule has 5 heteroatoms. The third-order valence-electron chi connectivity index (χ3n) is 2.47. The minimum atomic E-state index is -0.498. The van der Waals surface area contributed by atoms with Gasteiger partial charge in [0.1, 0.15) is 0 Å². The van der Waals surface area contributed by atoms with Gasteiger partial charge in [0.2, 0.25) is 0 Å². The average molecular weight is 256 g/mol. The second-order valence-electron chi connectivity index (χ2n) is 3.76. The van der Waals surface area contributed by atoms with Crippen LogP contribution >= 0.6 is 11.6 Å². The lowest BCUT2D eigenvalue weighted by Gasteiger charge is -2.17. The van der Waals surface area contributed by atoms with Gasteiger partial charge in [-0.1, -0.05) is 30.7 Å². The fraction of sp³-hybridized carbons (Fsp3) is 0.417. The van der Waals surface area contributed by atoms with Gasteiger partial charge in [0.25, 0.3) is 0 Å². The van der Waals surface area contributed by atoms with Gasteiger partial charge in [-0.25, -0.2) is 4.79 Å². The Hall–Kier alpha value is -1.26. The van der Waals surface area contributed by atoms with Crippen molar-refractivity contribution in [2.45, 2.75) is 19.4 Å². The second-order valence-corrected chi connectivity index (χ2v) is 4.20. The van der Waals surface area contributed by atoms with Gasteiger partial charge in [0.05, 0.1) is 0 Å². The molecule has 0 aliphatic heterocycles. The summed E-state index contributed by atoms with van der Waals surface area (Å²) in [5, 5.41) is 6.61. The Morgan fingerprint density at radius 3 is 2.82 bits per heavy atom. The van der Waals surface area contributed by atoms with E-state index in [1.165, 1.54) is 0 Å². The van der Waals surface area contributed by atoms with Crippen LogP contribution in [0.15, 0.2) is 24.3 Å². The molecule has 0 fully saturated rings. The number of hydrogen-bond acceptors (Lipinski definition) is 2. The lowest BCUT2D eigenvalue weighted by molar-refractivity contribution is 0.249. The molecule has 0 aliphatic rings. The van der Waals surface area contributed by atoms with Gasteiger partial charge in [-0.15, -0.1) is 0 Å². The monoisotopic (exact) mass is 255 g/mol. The van der Waals surface area contributed by atoms with Gasteiger partial charge in [-0.05, 0) is 24.1 Å². The van der Waals surface area contributed by atoms with Crippen LogP contribution in [0.2, 0.25) is 5.02 Å². The zero-order valence-corrected chi connectivity index (χ0v) is 10.6. The maximum Gasteiger partial charge on any atom is 0.312 e. The Morgan fingerprint density at radius 2 is 2.24 bits per heavy atom. The molecule has 1 atom stereocenters. The van der Waals surface area contributed by atoms with E-state index in [1.54, 1.807) is 0 Å². The smallest absolute Gasteiger partial charge is 0.312 e. The highest BCUT2D eigenvalue weighted by atomic mass is 35.5. The van der Waals surface area contributed by atoms with Crippen LogP contribution < -0.4 is 16.4 Å². The predicted molar refractivity (Wildman–Crippen MR) is 70.1 cm³/mol. The van der Waals surface area contributed by atoms with Crippen LogP contribution in [-0.2, 0) is 0 Å². The topological polar surface area (TPSA) is 67.2 Å². The molecule has 0 saturated heterocycles. The molecule has 4 nitrogen and oxygen atoms in total. The molecule has 0 heterocycles. The summed E-state index contributed by atoms with van der Waals surface area (Å²) in [6, 6.07) is 7.51. The molecular formula is C12H18ClN3O. The molecule has 0 saturated carbocycles. The molecule has 17 heavy (non-hydrogen) atoms. The van der Waals surface area contributed by atoms with Crippen molar-refractivity contribution in [1.82, 2.24) is 10.6 Å². The number of nitrogens with two attached hydrogens (primary N) is 1. The molecular weight excluding hydrogens is 238 g/mol. The standard InChI is InChI=1S/C12H18ClN3O/c1-2-11(15-6-7-16-12(14)17)9-4-3-5-10(13)8-9/h3-5,8,11,15H,2,6-7H2,1H3,(H3,14,16,17). The number of hydrogen-bond donors (Lipinski definition) is 3. The number of rotatable bonds is 6. The van der Waals surface area contributed by atoms with Crippen molar-refractivity contribution in [3.63, 3.8) is 0 Å². The van der Waals surface area contributed by atoms with E-state index in [2.05, 4.69) is 17.6 Å². The van der Waals surface area contributed by atoms with Crippen molar-refractivity contribution in [2.75, 3.05) is 13.1 Å². The van der Waals surface area contributed by atoms with Gasteiger partial charge in [-0.2, -0.15) is 0 Å². The van der Waals surface area contributed by atoms with E-state index < -0.39 is 6.03 Å². The van der Waals surface area contributed by atoms with Crippen molar-refractivity contribution in [1.29, 1.82) is 0 Å². The maximum absolute atomic E-state index is 10.5. The van der Waals surface area contributed by atoms with E-state index in [0.717, 1.165) is 17.0 Å². The predicted octanol–water partition coefficient (Wildman–Crippen LogP) is 2.05. The summed E-state index contributed by atoms with van der Waals surface area (Å²) in [5.41, 5.74) is 6.13. The van der Waals surface area contributed by atoms with Gasteiger partial charge in [-0.3, -0.25) is 0 Å². The van der Waals surface area contributed by atoms with E-state index in [1.807, 2.05) is 24.3 Å². The van der Waals surface area contributed by atoms with Gasteiger partial charge < -0.3 is 16.4 Å². The summed E-state index contributed by atoms with van der Waals surface area (Å²) in [7, 11) is 0. The normalized spacial score (nSPS) is 12.1. The number of urea groups is 1. The van der Waals surface area contributed by atoms with Crippen molar-refractivity contribution in [3.05, 3.63) is 34.9 Å². The first-order valence-corrected chi connectivity index (χ1v) is 6.03. The third-order valence-corrected chi connectivity index (χ3v) is 2.71. The van der Waals surface area contributed by atoms with E-state index in [4.69, 9.17) is 17.3 Å².